The van der Waals surface area contributed by atoms with Gasteiger partial charge in [-0.05, 0) is 12.1 Å². The minimum Gasteiger partial charge on any atom is -0.373 e. The zero-order chi connectivity index (χ0) is 12.4. The molecule has 18 heavy (non-hydrogen) atoms. The molecular formula is C12H17N5S. The first kappa shape index (κ1) is 11.8. The van der Waals surface area contributed by atoms with Crippen molar-refractivity contribution in [2.45, 2.75) is 12.5 Å². The quantitative estimate of drug-likeness (QED) is 0.778. The van der Waals surface area contributed by atoms with Gasteiger partial charge >= 0.3 is 0 Å². The van der Waals surface area contributed by atoms with Crippen molar-refractivity contribution >= 4 is 28.7 Å². The monoisotopic (exact) mass is 263 g/mol. The highest BCUT2D eigenvalue weighted by molar-refractivity contribution is 7.99. The summed E-state index contributed by atoms with van der Waals surface area (Å²) in [7, 11) is 1.87. The van der Waals surface area contributed by atoms with Crippen LogP contribution in [0, 0.1) is 0 Å². The summed E-state index contributed by atoms with van der Waals surface area (Å²) in [6.45, 7) is 1.09. The Balaban J connectivity index is 1.79. The van der Waals surface area contributed by atoms with Crippen LogP contribution < -0.4 is 10.6 Å². The molecule has 0 saturated carbocycles. The third kappa shape index (κ3) is 2.44. The van der Waals surface area contributed by atoms with Crippen LogP contribution in [0.2, 0.25) is 0 Å². The molecule has 5 nitrogen and oxygen atoms in total. The minimum absolute atomic E-state index is 0.521. The first-order valence-corrected chi connectivity index (χ1v) is 7.35. The molecule has 1 saturated heterocycles. The van der Waals surface area contributed by atoms with Crippen LogP contribution in [0.4, 0.5) is 5.82 Å². The molecule has 0 aromatic carbocycles. The Kier molecular flexibility index (Phi) is 3.38. The molecule has 0 spiro atoms. The van der Waals surface area contributed by atoms with E-state index in [1.54, 1.807) is 0 Å². The van der Waals surface area contributed by atoms with Gasteiger partial charge in [-0.15, -0.1) is 0 Å². The van der Waals surface area contributed by atoms with Crippen molar-refractivity contribution in [1.82, 2.24) is 20.3 Å². The van der Waals surface area contributed by atoms with Crippen LogP contribution in [0.15, 0.2) is 12.1 Å². The summed E-state index contributed by atoms with van der Waals surface area (Å²) in [5.74, 6) is 4.24. The minimum atomic E-state index is 0.521. The number of H-pyrrole nitrogens is 1. The Bertz CT molecular complexity index is 532. The second kappa shape index (κ2) is 5.16. The van der Waals surface area contributed by atoms with Gasteiger partial charge in [-0.3, -0.25) is 0 Å². The van der Waals surface area contributed by atoms with Crippen molar-refractivity contribution in [1.29, 1.82) is 0 Å². The zero-order valence-electron chi connectivity index (χ0n) is 10.4. The lowest BCUT2D eigenvalue weighted by Gasteiger charge is -2.21. The molecular weight excluding hydrogens is 246 g/mol. The molecule has 0 amide bonds. The molecule has 1 aliphatic heterocycles. The number of imidazole rings is 1. The SMILES string of the molecule is CNc1ccc2[nH]c(CC3CSCCN3)nc2n1. The van der Waals surface area contributed by atoms with Gasteiger partial charge in [-0.2, -0.15) is 11.8 Å². The fraction of sp³-hybridized carbons (Fsp3) is 0.500. The van der Waals surface area contributed by atoms with Crippen LogP contribution in [0.5, 0.6) is 0 Å². The van der Waals surface area contributed by atoms with Gasteiger partial charge < -0.3 is 15.6 Å². The number of aromatic nitrogens is 3. The molecule has 6 heteroatoms. The number of thioether (sulfide) groups is 1. The fourth-order valence-corrected chi connectivity index (χ4v) is 3.11. The van der Waals surface area contributed by atoms with E-state index in [0.29, 0.717) is 6.04 Å². The molecule has 2 aromatic rings. The lowest BCUT2D eigenvalue weighted by Crippen LogP contribution is -2.39. The highest BCUT2D eigenvalue weighted by Crippen LogP contribution is 2.15. The van der Waals surface area contributed by atoms with Crippen molar-refractivity contribution in [3.63, 3.8) is 0 Å². The fourth-order valence-electron chi connectivity index (χ4n) is 2.16. The van der Waals surface area contributed by atoms with Gasteiger partial charge in [0.05, 0.1) is 5.52 Å². The molecule has 1 aliphatic rings. The molecule has 0 bridgehead atoms. The Hall–Kier alpha value is -1.27. The average molecular weight is 263 g/mol. The van der Waals surface area contributed by atoms with E-state index in [2.05, 4.69) is 25.6 Å². The summed E-state index contributed by atoms with van der Waals surface area (Å²) in [6.07, 6.45) is 0.943. The highest BCUT2D eigenvalue weighted by atomic mass is 32.2. The molecule has 1 unspecified atom stereocenters. The molecule has 96 valence electrons. The Morgan fingerprint density at radius 2 is 2.39 bits per heavy atom. The molecule has 0 radical (unpaired) electrons. The van der Waals surface area contributed by atoms with E-state index in [9.17, 15) is 0 Å². The molecule has 0 aliphatic carbocycles. The molecule has 1 atom stereocenters. The summed E-state index contributed by atoms with van der Waals surface area (Å²) >= 11 is 2.01. The number of nitrogens with zero attached hydrogens (tertiary/aromatic N) is 2. The van der Waals surface area contributed by atoms with Crippen LogP contribution in [-0.2, 0) is 6.42 Å². The van der Waals surface area contributed by atoms with Gasteiger partial charge in [0.2, 0.25) is 0 Å². The molecule has 2 aromatic heterocycles. The van der Waals surface area contributed by atoms with E-state index < -0.39 is 0 Å². The number of nitrogens with one attached hydrogen (secondary N) is 3. The number of hydrogen-bond donors (Lipinski definition) is 3. The number of fused-ring (bicyclic) bond motifs is 1. The number of rotatable bonds is 3. The molecule has 3 heterocycles. The van der Waals surface area contributed by atoms with Crippen LogP contribution in [0.1, 0.15) is 5.82 Å². The van der Waals surface area contributed by atoms with Crippen molar-refractivity contribution in [2.24, 2.45) is 0 Å². The van der Waals surface area contributed by atoms with Crippen molar-refractivity contribution in [3.8, 4) is 0 Å². The second-order valence-corrected chi connectivity index (χ2v) is 5.58. The van der Waals surface area contributed by atoms with E-state index in [4.69, 9.17) is 0 Å². The maximum atomic E-state index is 4.56. The van der Waals surface area contributed by atoms with Gasteiger partial charge in [0.1, 0.15) is 11.6 Å². The number of pyridine rings is 1. The zero-order valence-corrected chi connectivity index (χ0v) is 11.2. The van der Waals surface area contributed by atoms with Crippen molar-refractivity contribution in [2.75, 3.05) is 30.4 Å². The summed E-state index contributed by atoms with van der Waals surface area (Å²) in [4.78, 5) is 12.3. The maximum absolute atomic E-state index is 4.56. The van der Waals surface area contributed by atoms with E-state index in [0.717, 1.165) is 41.5 Å². The average Bonchev–Trinajstić information content (AvgIpc) is 2.80. The van der Waals surface area contributed by atoms with E-state index >= 15 is 0 Å². The first-order chi connectivity index (χ1) is 8.85. The third-order valence-electron chi connectivity index (χ3n) is 3.09. The highest BCUT2D eigenvalue weighted by Gasteiger charge is 2.15. The van der Waals surface area contributed by atoms with Gasteiger partial charge in [-0.1, -0.05) is 0 Å². The van der Waals surface area contributed by atoms with Gasteiger partial charge in [-0.25, -0.2) is 9.97 Å². The van der Waals surface area contributed by atoms with Crippen LogP contribution in [0.25, 0.3) is 11.2 Å². The lowest BCUT2D eigenvalue weighted by molar-refractivity contribution is 0.553. The van der Waals surface area contributed by atoms with Crippen LogP contribution in [-0.4, -0.2) is 46.1 Å². The van der Waals surface area contributed by atoms with E-state index in [1.165, 1.54) is 5.75 Å². The Morgan fingerprint density at radius 1 is 1.44 bits per heavy atom. The number of anilines is 1. The summed E-state index contributed by atoms with van der Waals surface area (Å²) < 4.78 is 0. The van der Waals surface area contributed by atoms with E-state index in [1.807, 2.05) is 30.9 Å². The smallest absolute Gasteiger partial charge is 0.179 e. The largest absolute Gasteiger partial charge is 0.373 e. The molecule has 3 rings (SSSR count). The predicted octanol–water partition coefficient (Wildman–Crippen LogP) is 1.25. The van der Waals surface area contributed by atoms with Crippen molar-refractivity contribution < 1.29 is 0 Å². The van der Waals surface area contributed by atoms with Gasteiger partial charge in [0.15, 0.2) is 5.65 Å². The normalized spacial score (nSPS) is 20.2. The first-order valence-electron chi connectivity index (χ1n) is 6.19. The van der Waals surface area contributed by atoms with E-state index in [-0.39, 0.29) is 0 Å². The van der Waals surface area contributed by atoms with Gasteiger partial charge in [0, 0.05) is 37.6 Å². The van der Waals surface area contributed by atoms with Crippen LogP contribution >= 0.6 is 11.8 Å². The summed E-state index contributed by atoms with van der Waals surface area (Å²) in [5, 5.41) is 6.55. The van der Waals surface area contributed by atoms with Crippen molar-refractivity contribution in [3.05, 3.63) is 18.0 Å². The Morgan fingerprint density at radius 3 is 3.17 bits per heavy atom. The summed E-state index contributed by atoms with van der Waals surface area (Å²) in [5.41, 5.74) is 1.80. The molecule has 1 fully saturated rings. The standard InChI is InChI=1S/C12H17N5S/c1-13-10-3-2-9-12(16-10)17-11(15-9)6-8-7-18-5-4-14-8/h2-3,8,14H,4-7H2,1H3,(H2,13,15,16,17). The second-order valence-electron chi connectivity index (χ2n) is 4.43. The summed E-state index contributed by atoms with van der Waals surface area (Å²) in [6, 6.07) is 4.50. The topological polar surface area (TPSA) is 65.6 Å². The Labute approximate surface area is 110 Å². The maximum Gasteiger partial charge on any atom is 0.179 e. The third-order valence-corrected chi connectivity index (χ3v) is 4.22. The predicted molar refractivity (Wildman–Crippen MR) is 76.3 cm³/mol. The van der Waals surface area contributed by atoms with Gasteiger partial charge in [0.25, 0.3) is 0 Å². The number of aromatic amines is 1. The van der Waals surface area contributed by atoms with Crippen LogP contribution in [0.3, 0.4) is 0 Å². The molecule has 3 N–H and O–H groups in total. The number of hydrogen-bond acceptors (Lipinski definition) is 5. The lowest BCUT2D eigenvalue weighted by atomic mass is 10.2.